The summed E-state index contributed by atoms with van der Waals surface area (Å²) in [5.41, 5.74) is 2.20. The minimum atomic E-state index is -0.523. The predicted octanol–water partition coefficient (Wildman–Crippen LogP) is -0.394. The molecule has 0 aromatic heterocycles. The topological polar surface area (TPSA) is 72.2 Å². The average molecular weight is 154 g/mol. The van der Waals surface area contributed by atoms with Gasteiger partial charge in [0.25, 0.3) is 5.24 Å². The van der Waals surface area contributed by atoms with Gasteiger partial charge in [-0.15, -0.1) is 12.6 Å². The van der Waals surface area contributed by atoms with Gasteiger partial charge in [-0.05, 0) is 0 Å². The molecular weight excluding hydrogens is 148 g/mol. The second-order valence-corrected chi connectivity index (χ2v) is 1.17. The van der Waals surface area contributed by atoms with Gasteiger partial charge in [-0.1, -0.05) is 12.6 Å². The van der Waals surface area contributed by atoms with Crippen LogP contribution in [0.4, 0.5) is 4.79 Å². The Hall–Kier alpha value is -0.200. The van der Waals surface area contributed by atoms with Crippen LogP contribution in [0.15, 0.2) is 0 Å². The quantitative estimate of drug-likeness (QED) is 0.126. The number of amides is 1. The van der Waals surface area contributed by atoms with Crippen LogP contribution in [0.5, 0.6) is 0 Å². The lowest BCUT2D eigenvalue weighted by Gasteiger charge is -1.79. The summed E-state index contributed by atoms with van der Waals surface area (Å²) in [7, 11) is 0. The third-order valence-corrected chi connectivity index (χ3v) is 0.253. The molecule has 48 valence electrons. The summed E-state index contributed by atoms with van der Waals surface area (Å²) in [6.07, 6.45) is 0. The summed E-state index contributed by atoms with van der Waals surface area (Å²) in [6, 6.07) is 0. The first-order valence-electron chi connectivity index (χ1n) is 1.46. The van der Waals surface area contributed by atoms with Gasteiger partial charge in [0.2, 0.25) is 0 Å². The van der Waals surface area contributed by atoms with Crippen LogP contribution in [-0.4, -0.2) is 10.9 Å². The number of carbonyl (C=O) groups excluding carboxylic acids is 2. The molecule has 6 heteroatoms. The molecule has 0 bridgehead atoms. The van der Waals surface area contributed by atoms with Crippen LogP contribution >= 0.6 is 25.3 Å². The molecule has 0 aromatic rings. The Morgan fingerprint density at radius 3 is 1.88 bits per heavy atom. The molecule has 0 aromatic carbocycles. The maximum Gasteiger partial charge on any atom is 0.289 e. The second kappa shape index (κ2) is 9.93. The normalized spacial score (nSPS) is 5.88. The summed E-state index contributed by atoms with van der Waals surface area (Å²) >= 11 is 6.33. The highest BCUT2D eigenvalue weighted by Crippen LogP contribution is 1.65. The standard InChI is InChI=1S/CH4N2OS.CH2OS/c2-3-1(4)5;2-1-3/h2H2,(H2,3,4,5);1H,(H,2,3). The van der Waals surface area contributed by atoms with Crippen molar-refractivity contribution in [1.82, 2.24) is 5.43 Å². The van der Waals surface area contributed by atoms with Crippen molar-refractivity contribution in [1.29, 1.82) is 0 Å². The summed E-state index contributed by atoms with van der Waals surface area (Å²) < 4.78 is 0. The minimum Gasteiger partial charge on any atom is -0.291 e. The number of nitrogens with two attached hydrogens (primary N) is 1. The number of nitrogens with one attached hydrogen (secondary N) is 1. The molecular formula is C2H6N2O2S2. The Morgan fingerprint density at radius 1 is 1.75 bits per heavy atom. The van der Waals surface area contributed by atoms with Gasteiger partial charge in [-0.2, -0.15) is 0 Å². The number of thiol groups is 2. The van der Waals surface area contributed by atoms with Crippen molar-refractivity contribution in [3.63, 3.8) is 0 Å². The van der Waals surface area contributed by atoms with E-state index in [0.29, 0.717) is 5.62 Å². The lowest BCUT2D eigenvalue weighted by molar-refractivity contribution is 0.261. The highest BCUT2D eigenvalue weighted by Gasteiger charge is 1.74. The Balaban J connectivity index is 0. The van der Waals surface area contributed by atoms with E-state index in [-0.39, 0.29) is 0 Å². The molecule has 0 radical (unpaired) electrons. The monoisotopic (exact) mass is 154 g/mol. The van der Waals surface area contributed by atoms with Crippen LogP contribution in [0.25, 0.3) is 0 Å². The summed E-state index contributed by atoms with van der Waals surface area (Å²) in [5, 5.41) is -0.523. The lowest BCUT2D eigenvalue weighted by Crippen LogP contribution is -2.23. The Labute approximate surface area is 57.6 Å². The van der Waals surface area contributed by atoms with Crippen LogP contribution in [0.2, 0.25) is 0 Å². The number of hydrogen-bond donors (Lipinski definition) is 4. The zero-order chi connectivity index (χ0) is 6.99. The van der Waals surface area contributed by atoms with E-state index in [9.17, 15) is 4.79 Å². The zero-order valence-corrected chi connectivity index (χ0v) is 5.65. The maximum absolute atomic E-state index is 9.44. The van der Waals surface area contributed by atoms with Crippen molar-refractivity contribution in [3.05, 3.63) is 0 Å². The minimum absolute atomic E-state index is 0.444. The van der Waals surface area contributed by atoms with Crippen LogP contribution in [-0.2, 0) is 4.79 Å². The number of hydrogen-bond acceptors (Lipinski definition) is 3. The van der Waals surface area contributed by atoms with Gasteiger partial charge in [-0.25, -0.2) is 5.84 Å². The molecule has 0 aliphatic heterocycles. The molecule has 8 heavy (non-hydrogen) atoms. The Morgan fingerprint density at radius 2 is 1.88 bits per heavy atom. The fraction of sp³-hybridized carbons (Fsp3) is 0. The van der Waals surface area contributed by atoms with Gasteiger partial charge < -0.3 is 0 Å². The molecule has 0 rings (SSSR count). The SMILES string of the molecule is NNC(=O)S.O=CS. The lowest BCUT2D eigenvalue weighted by atomic mass is 11.4. The van der Waals surface area contributed by atoms with Crippen molar-refractivity contribution in [2.24, 2.45) is 5.84 Å². The number of hydrazine groups is 1. The van der Waals surface area contributed by atoms with Crippen molar-refractivity contribution >= 4 is 36.1 Å². The van der Waals surface area contributed by atoms with Gasteiger partial charge in [-0.3, -0.25) is 15.0 Å². The maximum atomic E-state index is 9.44. The van der Waals surface area contributed by atoms with Crippen molar-refractivity contribution in [2.45, 2.75) is 0 Å². The molecule has 0 heterocycles. The Kier molecular flexibility index (Phi) is 13.3. The van der Waals surface area contributed by atoms with Gasteiger partial charge in [0.1, 0.15) is 0 Å². The third-order valence-electron chi connectivity index (χ3n) is 0.123. The van der Waals surface area contributed by atoms with E-state index >= 15 is 0 Å². The molecule has 1 amide bonds. The van der Waals surface area contributed by atoms with E-state index in [0.717, 1.165) is 0 Å². The van der Waals surface area contributed by atoms with E-state index in [1.165, 1.54) is 0 Å². The van der Waals surface area contributed by atoms with Gasteiger partial charge in [0.05, 0.1) is 0 Å². The van der Waals surface area contributed by atoms with Crippen LogP contribution in [0.3, 0.4) is 0 Å². The molecule has 3 N–H and O–H groups in total. The zero-order valence-electron chi connectivity index (χ0n) is 3.87. The largest absolute Gasteiger partial charge is 0.291 e. The molecule has 0 aliphatic rings. The van der Waals surface area contributed by atoms with Crippen LogP contribution < -0.4 is 11.3 Å². The first-order valence-corrected chi connectivity index (χ1v) is 2.42. The smallest absolute Gasteiger partial charge is 0.289 e. The second-order valence-electron chi connectivity index (χ2n) is 0.555. The van der Waals surface area contributed by atoms with Gasteiger partial charge in [0, 0.05) is 0 Å². The average Bonchev–Trinajstić information content (AvgIpc) is 1.69. The van der Waals surface area contributed by atoms with E-state index in [1.54, 1.807) is 5.43 Å². The summed E-state index contributed by atoms with van der Waals surface area (Å²) in [4.78, 5) is 18.1. The van der Waals surface area contributed by atoms with E-state index < -0.39 is 5.24 Å². The molecule has 0 spiro atoms. The first-order chi connectivity index (χ1) is 3.68. The van der Waals surface area contributed by atoms with E-state index in [1.807, 2.05) is 0 Å². The highest BCUT2D eigenvalue weighted by atomic mass is 32.1. The first kappa shape index (κ1) is 10.7. The predicted molar refractivity (Wildman–Crippen MR) is 37.4 cm³/mol. The fourth-order valence-corrected chi connectivity index (χ4v) is 0. The third kappa shape index (κ3) is 41.2. The van der Waals surface area contributed by atoms with Crippen molar-refractivity contribution in [2.75, 3.05) is 0 Å². The Bertz CT molecular complexity index is 76.4. The summed E-state index contributed by atoms with van der Waals surface area (Å²) in [5.74, 6) is 4.50. The highest BCUT2D eigenvalue weighted by molar-refractivity contribution is 7.96. The molecule has 0 saturated heterocycles. The van der Waals surface area contributed by atoms with Gasteiger partial charge >= 0.3 is 0 Å². The van der Waals surface area contributed by atoms with Crippen LogP contribution in [0, 0.1) is 0 Å². The fourth-order valence-electron chi connectivity index (χ4n) is 0. The van der Waals surface area contributed by atoms with E-state index in [2.05, 4.69) is 31.1 Å². The van der Waals surface area contributed by atoms with Crippen LogP contribution in [0.1, 0.15) is 0 Å². The molecule has 0 fully saturated rings. The summed E-state index contributed by atoms with van der Waals surface area (Å²) in [6.45, 7) is 0. The molecule has 4 nitrogen and oxygen atoms in total. The number of rotatable bonds is 0. The van der Waals surface area contributed by atoms with E-state index in [4.69, 9.17) is 4.79 Å². The molecule has 0 unspecified atom stereocenters. The molecule has 0 saturated carbocycles. The molecule has 0 atom stereocenters. The van der Waals surface area contributed by atoms with Gasteiger partial charge in [0.15, 0.2) is 5.62 Å². The van der Waals surface area contributed by atoms with Crippen molar-refractivity contribution in [3.8, 4) is 0 Å². The van der Waals surface area contributed by atoms with Crippen molar-refractivity contribution < 1.29 is 9.59 Å². The number of carbonyl (C=O) groups is 2. The molecule has 0 aliphatic carbocycles.